The van der Waals surface area contributed by atoms with Gasteiger partial charge in [0.2, 0.25) is 5.91 Å². The largest absolute Gasteiger partial charge is 0.493 e. The minimum atomic E-state index is -0.260. The molecule has 0 atom stereocenters. The smallest absolute Gasteiger partial charge is 0.250 e. The Balaban J connectivity index is 1.66. The summed E-state index contributed by atoms with van der Waals surface area (Å²) in [6.45, 7) is 5.19. The lowest BCUT2D eigenvalue weighted by molar-refractivity contribution is -0.111. The van der Waals surface area contributed by atoms with Crippen molar-refractivity contribution in [2.75, 3.05) is 25.6 Å². The Labute approximate surface area is 186 Å². The van der Waals surface area contributed by atoms with E-state index >= 15 is 0 Å². The van der Waals surface area contributed by atoms with Crippen molar-refractivity contribution < 1.29 is 19.0 Å². The number of aromatic nitrogens is 1. The number of nitrogens with one attached hydrogen (secondary N) is 1. The third-order valence-corrected chi connectivity index (χ3v) is 5.03. The molecule has 7 heteroatoms. The molecule has 0 unspecified atom stereocenters. The van der Waals surface area contributed by atoms with E-state index in [1.165, 1.54) is 17.4 Å². The number of anilines is 1. The summed E-state index contributed by atoms with van der Waals surface area (Å²) in [4.78, 5) is 16.9. The van der Waals surface area contributed by atoms with Crippen molar-refractivity contribution in [3.05, 3.63) is 59.5 Å². The summed E-state index contributed by atoms with van der Waals surface area (Å²) in [5, 5.41) is 5.23. The van der Waals surface area contributed by atoms with Crippen LogP contribution in [-0.4, -0.2) is 31.2 Å². The van der Waals surface area contributed by atoms with Gasteiger partial charge in [-0.15, -0.1) is 11.3 Å². The molecule has 0 radical (unpaired) electrons. The number of methoxy groups -OCH3 is 1. The average molecular weight is 439 g/mol. The van der Waals surface area contributed by atoms with Crippen LogP contribution in [0.5, 0.6) is 17.2 Å². The van der Waals surface area contributed by atoms with Crippen molar-refractivity contribution in [1.29, 1.82) is 0 Å². The summed E-state index contributed by atoms with van der Waals surface area (Å²) in [5.41, 5.74) is 2.50. The van der Waals surface area contributed by atoms with Crippen molar-refractivity contribution in [2.24, 2.45) is 0 Å². The number of para-hydroxylation sites is 1. The predicted molar refractivity (Wildman–Crippen MR) is 125 cm³/mol. The predicted octanol–water partition coefficient (Wildman–Crippen LogP) is 5.66. The van der Waals surface area contributed by atoms with Crippen molar-refractivity contribution >= 4 is 28.5 Å². The van der Waals surface area contributed by atoms with Gasteiger partial charge in [-0.05, 0) is 49.2 Å². The van der Waals surface area contributed by atoms with Gasteiger partial charge in [-0.25, -0.2) is 4.98 Å². The Hall–Kier alpha value is -3.32. The summed E-state index contributed by atoms with van der Waals surface area (Å²) < 4.78 is 16.7. The van der Waals surface area contributed by atoms with Crippen LogP contribution in [0.3, 0.4) is 0 Å². The monoisotopic (exact) mass is 438 g/mol. The molecule has 6 nitrogen and oxygen atoms in total. The van der Waals surface area contributed by atoms with Gasteiger partial charge in [-0.2, -0.15) is 0 Å². The maximum Gasteiger partial charge on any atom is 0.250 e. The fourth-order valence-electron chi connectivity index (χ4n) is 2.85. The van der Waals surface area contributed by atoms with Crippen LogP contribution in [0, 0.1) is 0 Å². The second-order valence-corrected chi connectivity index (χ2v) is 7.41. The van der Waals surface area contributed by atoms with Gasteiger partial charge in [0.05, 0.1) is 26.0 Å². The first-order valence-corrected chi connectivity index (χ1v) is 11.0. The van der Waals surface area contributed by atoms with Crippen molar-refractivity contribution in [3.8, 4) is 28.5 Å². The van der Waals surface area contributed by atoms with Gasteiger partial charge in [0.1, 0.15) is 5.75 Å². The zero-order valence-corrected chi connectivity index (χ0v) is 18.7. The number of nitrogens with zero attached hydrogens (tertiary/aromatic N) is 1. The van der Waals surface area contributed by atoms with Gasteiger partial charge in [0, 0.05) is 17.0 Å². The first kappa shape index (κ1) is 22.4. The molecule has 0 aliphatic carbocycles. The average Bonchev–Trinajstić information content (AvgIpc) is 3.25. The van der Waals surface area contributed by atoms with Crippen LogP contribution in [0.1, 0.15) is 25.8 Å². The molecule has 1 aromatic heterocycles. The number of hydrogen-bond donors (Lipinski definition) is 1. The van der Waals surface area contributed by atoms with Gasteiger partial charge in [-0.1, -0.05) is 25.1 Å². The Morgan fingerprint density at radius 3 is 2.71 bits per heavy atom. The molecular formula is C24H26N2O4S. The van der Waals surface area contributed by atoms with Gasteiger partial charge >= 0.3 is 0 Å². The van der Waals surface area contributed by atoms with Crippen LogP contribution in [0.25, 0.3) is 17.3 Å². The van der Waals surface area contributed by atoms with Crippen LogP contribution in [-0.2, 0) is 4.79 Å². The Bertz CT molecular complexity index is 1050. The van der Waals surface area contributed by atoms with Crippen LogP contribution >= 0.6 is 11.3 Å². The van der Waals surface area contributed by atoms with Crippen molar-refractivity contribution in [3.63, 3.8) is 0 Å². The minimum Gasteiger partial charge on any atom is -0.493 e. The zero-order chi connectivity index (χ0) is 22.1. The topological polar surface area (TPSA) is 69.7 Å². The Kier molecular flexibility index (Phi) is 8.06. The number of carbonyl (C=O) groups is 1. The summed E-state index contributed by atoms with van der Waals surface area (Å²) >= 11 is 1.37. The summed E-state index contributed by atoms with van der Waals surface area (Å²) in [6.07, 6.45) is 4.11. The van der Waals surface area contributed by atoms with Crippen LogP contribution in [0.4, 0.5) is 5.13 Å². The highest BCUT2D eigenvalue weighted by Gasteiger charge is 2.11. The van der Waals surface area contributed by atoms with E-state index in [0.29, 0.717) is 29.8 Å². The number of thiazole rings is 1. The molecule has 1 amide bonds. The number of amides is 1. The number of ether oxygens (including phenoxy) is 3. The van der Waals surface area contributed by atoms with Crippen LogP contribution in [0.2, 0.25) is 0 Å². The number of rotatable bonds is 10. The zero-order valence-electron chi connectivity index (χ0n) is 17.9. The summed E-state index contributed by atoms with van der Waals surface area (Å²) in [5.74, 6) is 1.83. The first-order valence-electron chi connectivity index (χ1n) is 10.1. The molecular weight excluding hydrogens is 412 g/mol. The molecule has 0 saturated carbocycles. The minimum absolute atomic E-state index is 0.260. The molecule has 2 aromatic carbocycles. The highest BCUT2D eigenvalue weighted by molar-refractivity contribution is 7.14. The molecule has 162 valence electrons. The lowest BCUT2D eigenvalue weighted by Gasteiger charge is -2.10. The van der Waals surface area contributed by atoms with E-state index in [1.807, 2.05) is 61.7 Å². The standard InChI is InChI=1S/C24H26N2O4S/c1-4-14-30-21-12-10-17(15-22(21)28-3)11-13-23(27)26-24-25-19(16-31-24)18-8-6-7-9-20(18)29-5-2/h6-13,15-16H,4-5,14H2,1-3H3,(H,25,26,27). The maximum atomic E-state index is 12.4. The fraction of sp³-hybridized carbons (Fsp3) is 0.250. The quantitative estimate of drug-likeness (QED) is 0.414. The molecule has 0 bridgehead atoms. The van der Waals surface area contributed by atoms with Gasteiger partial charge in [0.15, 0.2) is 16.6 Å². The third kappa shape index (κ3) is 6.08. The fourth-order valence-corrected chi connectivity index (χ4v) is 3.57. The van der Waals surface area contributed by atoms with E-state index < -0.39 is 0 Å². The molecule has 1 heterocycles. The number of benzene rings is 2. The van der Waals surface area contributed by atoms with Gasteiger partial charge in [0.25, 0.3) is 0 Å². The van der Waals surface area contributed by atoms with E-state index in [2.05, 4.69) is 10.3 Å². The van der Waals surface area contributed by atoms with E-state index in [9.17, 15) is 4.79 Å². The van der Waals surface area contributed by atoms with E-state index in [0.717, 1.165) is 29.0 Å². The molecule has 0 fully saturated rings. The van der Waals surface area contributed by atoms with Gasteiger partial charge in [-0.3, -0.25) is 10.1 Å². The first-order chi connectivity index (χ1) is 15.1. The van der Waals surface area contributed by atoms with Crippen molar-refractivity contribution in [1.82, 2.24) is 4.98 Å². The second-order valence-electron chi connectivity index (χ2n) is 6.55. The third-order valence-electron chi connectivity index (χ3n) is 4.27. The molecule has 1 N–H and O–H groups in total. The molecule has 0 aliphatic rings. The van der Waals surface area contributed by atoms with Gasteiger partial charge < -0.3 is 14.2 Å². The lowest BCUT2D eigenvalue weighted by atomic mass is 10.1. The van der Waals surface area contributed by atoms with E-state index in [4.69, 9.17) is 14.2 Å². The van der Waals surface area contributed by atoms with E-state index in [-0.39, 0.29) is 5.91 Å². The molecule has 0 aliphatic heterocycles. The Morgan fingerprint density at radius 2 is 1.94 bits per heavy atom. The number of carbonyl (C=O) groups excluding carboxylic acids is 1. The Morgan fingerprint density at radius 1 is 1.10 bits per heavy atom. The van der Waals surface area contributed by atoms with Crippen molar-refractivity contribution in [2.45, 2.75) is 20.3 Å². The van der Waals surface area contributed by atoms with E-state index in [1.54, 1.807) is 13.2 Å². The molecule has 3 rings (SSSR count). The van der Waals surface area contributed by atoms with Crippen LogP contribution in [0.15, 0.2) is 53.9 Å². The molecule has 3 aromatic rings. The highest BCUT2D eigenvalue weighted by Crippen LogP contribution is 2.32. The highest BCUT2D eigenvalue weighted by atomic mass is 32.1. The summed E-state index contributed by atoms with van der Waals surface area (Å²) in [7, 11) is 1.60. The second kappa shape index (κ2) is 11.2. The SMILES string of the molecule is CCCOc1ccc(C=CC(=O)Nc2nc(-c3ccccc3OCC)cs2)cc1OC. The lowest BCUT2D eigenvalue weighted by Crippen LogP contribution is -2.07. The summed E-state index contributed by atoms with van der Waals surface area (Å²) in [6, 6.07) is 13.3. The molecule has 31 heavy (non-hydrogen) atoms. The van der Waals surface area contributed by atoms with Crippen LogP contribution < -0.4 is 19.5 Å². The molecule has 0 saturated heterocycles. The normalized spacial score (nSPS) is 10.8. The molecule has 0 spiro atoms. The number of hydrogen-bond acceptors (Lipinski definition) is 6. The maximum absolute atomic E-state index is 12.4.